The van der Waals surface area contributed by atoms with Crippen LogP contribution < -0.4 is 4.90 Å². The van der Waals surface area contributed by atoms with Gasteiger partial charge in [-0.15, -0.1) is 0 Å². The largest absolute Gasteiger partial charge is 0.366 e. The van der Waals surface area contributed by atoms with E-state index in [0.717, 1.165) is 49.4 Å². The standard InChI is InChI=1S/C27H33N5O/c1-19(2)32-18-28-26(29-32)24-17-30(16-21-10-5-4-6-11-21)25-13-12-22(15-23(24)25)27(33)31-14-8-7-9-20(31)3/h4-6,10-13,15,18-20,24H,7-9,14,16-17H2,1-3H3/t20-,24+/m1/s1. The first-order valence-corrected chi connectivity index (χ1v) is 12.2. The number of rotatable bonds is 5. The van der Waals surface area contributed by atoms with Crippen LogP contribution >= 0.6 is 0 Å². The molecular formula is C27H33N5O. The Morgan fingerprint density at radius 3 is 2.67 bits per heavy atom. The summed E-state index contributed by atoms with van der Waals surface area (Å²) in [6.45, 7) is 8.87. The maximum absolute atomic E-state index is 13.4. The van der Waals surface area contributed by atoms with Gasteiger partial charge < -0.3 is 9.80 Å². The molecule has 2 aliphatic rings. The molecule has 0 bridgehead atoms. The molecule has 3 aromatic rings. The van der Waals surface area contributed by atoms with Gasteiger partial charge in [-0.25, -0.2) is 4.98 Å². The first kappa shape index (κ1) is 21.7. The monoisotopic (exact) mass is 443 g/mol. The summed E-state index contributed by atoms with van der Waals surface area (Å²) in [4.78, 5) is 22.5. The number of amides is 1. The number of aromatic nitrogens is 3. The van der Waals surface area contributed by atoms with Gasteiger partial charge in [-0.3, -0.25) is 9.48 Å². The van der Waals surface area contributed by atoms with Crippen LogP contribution in [0.2, 0.25) is 0 Å². The molecule has 172 valence electrons. The van der Waals surface area contributed by atoms with E-state index in [1.165, 1.54) is 17.7 Å². The molecule has 0 aliphatic carbocycles. The van der Waals surface area contributed by atoms with Crippen molar-refractivity contribution in [3.63, 3.8) is 0 Å². The van der Waals surface area contributed by atoms with E-state index in [1.54, 1.807) is 0 Å². The van der Waals surface area contributed by atoms with E-state index in [1.807, 2.05) is 28.0 Å². The number of hydrogen-bond donors (Lipinski definition) is 0. The van der Waals surface area contributed by atoms with E-state index >= 15 is 0 Å². The summed E-state index contributed by atoms with van der Waals surface area (Å²) < 4.78 is 1.92. The van der Waals surface area contributed by atoms with Gasteiger partial charge in [0.05, 0.1) is 5.92 Å². The number of fused-ring (bicyclic) bond motifs is 1. The van der Waals surface area contributed by atoms with Crippen molar-refractivity contribution in [3.8, 4) is 0 Å². The van der Waals surface area contributed by atoms with Crippen LogP contribution in [0.15, 0.2) is 54.9 Å². The topological polar surface area (TPSA) is 54.3 Å². The third kappa shape index (κ3) is 4.26. The number of nitrogens with zero attached hydrogens (tertiary/aromatic N) is 5. The van der Waals surface area contributed by atoms with Gasteiger partial charge in [0.25, 0.3) is 5.91 Å². The summed E-state index contributed by atoms with van der Waals surface area (Å²) in [5.41, 5.74) is 4.38. The molecule has 6 nitrogen and oxygen atoms in total. The van der Waals surface area contributed by atoms with Crippen LogP contribution in [0.4, 0.5) is 5.69 Å². The highest BCUT2D eigenvalue weighted by Crippen LogP contribution is 2.40. The maximum atomic E-state index is 13.4. The van der Waals surface area contributed by atoms with Gasteiger partial charge in [0.1, 0.15) is 6.33 Å². The summed E-state index contributed by atoms with van der Waals surface area (Å²) in [6.07, 6.45) is 5.20. The molecular weight excluding hydrogens is 410 g/mol. The maximum Gasteiger partial charge on any atom is 0.254 e. The van der Waals surface area contributed by atoms with Crippen molar-refractivity contribution in [1.82, 2.24) is 19.7 Å². The highest BCUT2D eigenvalue weighted by Gasteiger charge is 2.34. The van der Waals surface area contributed by atoms with Crippen LogP contribution in [0, 0.1) is 0 Å². The third-order valence-electron chi connectivity index (χ3n) is 7.04. The SMILES string of the molecule is CC(C)n1cnc([C@H]2CN(Cc3ccccc3)c3ccc(C(=O)N4CCCC[C@H]4C)cc32)n1. The number of hydrogen-bond acceptors (Lipinski definition) is 4. The molecule has 0 radical (unpaired) electrons. The second kappa shape index (κ2) is 9.00. The average Bonchev–Trinajstić information content (AvgIpc) is 3.45. The molecule has 33 heavy (non-hydrogen) atoms. The minimum Gasteiger partial charge on any atom is -0.366 e. The van der Waals surface area contributed by atoms with E-state index in [0.29, 0.717) is 6.04 Å². The number of anilines is 1. The van der Waals surface area contributed by atoms with Crippen LogP contribution in [0.5, 0.6) is 0 Å². The van der Waals surface area contributed by atoms with Crippen LogP contribution in [0.1, 0.15) is 79.3 Å². The van der Waals surface area contributed by atoms with Crippen LogP contribution in [-0.2, 0) is 6.54 Å². The fourth-order valence-electron chi connectivity index (χ4n) is 5.11. The van der Waals surface area contributed by atoms with E-state index in [2.05, 4.69) is 67.1 Å². The van der Waals surface area contributed by atoms with Gasteiger partial charge in [0, 0.05) is 43.0 Å². The predicted octanol–water partition coefficient (Wildman–Crippen LogP) is 5.03. The number of benzene rings is 2. The molecule has 6 heteroatoms. The number of likely N-dealkylation sites (tertiary alicyclic amines) is 1. The summed E-state index contributed by atoms with van der Waals surface area (Å²) in [6, 6.07) is 17.3. The van der Waals surface area contributed by atoms with Crippen LogP contribution in [0.3, 0.4) is 0 Å². The Morgan fingerprint density at radius 1 is 1.12 bits per heavy atom. The number of carbonyl (C=O) groups excluding carboxylic acids is 1. The van der Waals surface area contributed by atoms with Gasteiger partial charge in [-0.2, -0.15) is 5.10 Å². The number of carbonyl (C=O) groups is 1. The molecule has 2 atom stereocenters. The van der Waals surface area contributed by atoms with Crippen LogP contribution in [-0.4, -0.2) is 44.7 Å². The summed E-state index contributed by atoms with van der Waals surface area (Å²) in [5, 5.41) is 4.79. The van der Waals surface area contributed by atoms with Gasteiger partial charge in [0.15, 0.2) is 5.82 Å². The Labute approximate surface area is 196 Å². The van der Waals surface area contributed by atoms with Gasteiger partial charge in [-0.05, 0) is 69.4 Å². The Morgan fingerprint density at radius 2 is 1.94 bits per heavy atom. The second-order valence-electron chi connectivity index (χ2n) is 9.71. The predicted molar refractivity (Wildman–Crippen MR) is 131 cm³/mol. The molecule has 2 aliphatic heterocycles. The highest BCUT2D eigenvalue weighted by atomic mass is 16.2. The van der Waals surface area contributed by atoms with Crippen molar-refractivity contribution < 1.29 is 4.79 Å². The van der Waals surface area contributed by atoms with Gasteiger partial charge in [0.2, 0.25) is 0 Å². The van der Waals surface area contributed by atoms with E-state index in [4.69, 9.17) is 5.10 Å². The lowest BCUT2D eigenvalue weighted by molar-refractivity contribution is 0.0635. The van der Waals surface area contributed by atoms with E-state index < -0.39 is 0 Å². The molecule has 0 unspecified atom stereocenters. The van der Waals surface area contributed by atoms with E-state index in [9.17, 15) is 4.79 Å². The van der Waals surface area contributed by atoms with Crippen molar-refractivity contribution in [2.75, 3.05) is 18.0 Å². The molecule has 5 rings (SSSR count). The minimum absolute atomic E-state index is 0.0511. The molecule has 0 saturated carbocycles. The lowest BCUT2D eigenvalue weighted by Gasteiger charge is -2.33. The first-order valence-electron chi connectivity index (χ1n) is 12.2. The van der Waals surface area contributed by atoms with E-state index in [-0.39, 0.29) is 17.9 Å². The minimum atomic E-state index is 0.0511. The highest BCUT2D eigenvalue weighted by molar-refractivity contribution is 5.95. The molecule has 1 saturated heterocycles. The summed E-state index contributed by atoms with van der Waals surface area (Å²) in [5.74, 6) is 1.03. The van der Waals surface area contributed by atoms with Crippen molar-refractivity contribution in [3.05, 3.63) is 77.4 Å². The van der Waals surface area contributed by atoms with Gasteiger partial charge >= 0.3 is 0 Å². The zero-order valence-corrected chi connectivity index (χ0v) is 19.8. The number of piperidine rings is 1. The fraction of sp³-hybridized carbons (Fsp3) is 0.444. The van der Waals surface area contributed by atoms with Crippen molar-refractivity contribution >= 4 is 11.6 Å². The molecule has 1 aromatic heterocycles. The Balaban J connectivity index is 1.50. The lowest BCUT2D eigenvalue weighted by Crippen LogP contribution is -2.42. The summed E-state index contributed by atoms with van der Waals surface area (Å²) >= 11 is 0. The van der Waals surface area contributed by atoms with Crippen molar-refractivity contribution in [2.45, 2.75) is 64.6 Å². The molecule has 2 aromatic carbocycles. The Kier molecular flexibility index (Phi) is 5.92. The molecule has 0 spiro atoms. The molecule has 1 amide bonds. The molecule has 1 fully saturated rings. The molecule has 0 N–H and O–H groups in total. The summed E-state index contributed by atoms with van der Waals surface area (Å²) in [7, 11) is 0. The van der Waals surface area contributed by atoms with Crippen molar-refractivity contribution in [2.24, 2.45) is 0 Å². The Bertz CT molecular complexity index is 1120. The fourth-order valence-corrected chi connectivity index (χ4v) is 5.11. The van der Waals surface area contributed by atoms with Crippen LogP contribution in [0.25, 0.3) is 0 Å². The Hall–Kier alpha value is -3.15. The third-order valence-corrected chi connectivity index (χ3v) is 7.04. The quantitative estimate of drug-likeness (QED) is 0.555. The van der Waals surface area contributed by atoms with Gasteiger partial charge in [-0.1, -0.05) is 30.3 Å². The average molecular weight is 444 g/mol. The lowest BCUT2D eigenvalue weighted by atomic mass is 9.97. The smallest absolute Gasteiger partial charge is 0.254 e. The zero-order valence-electron chi connectivity index (χ0n) is 19.8. The van der Waals surface area contributed by atoms with Crippen molar-refractivity contribution in [1.29, 1.82) is 0 Å². The molecule has 3 heterocycles. The normalized spacial score (nSPS) is 20.4. The first-order chi connectivity index (χ1) is 16.0. The zero-order chi connectivity index (χ0) is 22.9. The second-order valence-corrected chi connectivity index (χ2v) is 9.71.